The molecule has 0 radical (unpaired) electrons. The van der Waals surface area contributed by atoms with E-state index in [4.69, 9.17) is 22.7 Å². The minimum atomic E-state index is -4.85. The quantitative estimate of drug-likeness (QED) is 0.490. The second kappa shape index (κ2) is 7.94. The van der Waals surface area contributed by atoms with E-state index < -0.39 is 23.9 Å². The van der Waals surface area contributed by atoms with Crippen LogP contribution >= 0.6 is 22.9 Å². The number of nitriles is 1. The van der Waals surface area contributed by atoms with Crippen LogP contribution in [0.1, 0.15) is 23.8 Å². The van der Waals surface area contributed by atoms with Gasteiger partial charge in [-0.05, 0) is 18.1 Å². The van der Waals surface area contributed by atoms with Gasteiger partial charge in [-0.25, -0.2) is 5.84 Å². The molecule has 5 nitrogen and oxygen atoms in total. The molecule has 1 aromatic carbocycles. The average molecular weight is 419 g/mol. The molecule has 0 amide bonds. The van der Waals surface area contributed by atoms with Gasteiger partial charge in [-0.1, -0.05) is 30.7 Å². The summed E-state index contributed by atoms with van der Waals surface area (Å²) in [7, 11) is 1.29. The molecule has 0 fully saturated rings. The first-order valence-corrected chi connectivity index (χ1v) is 9.08. The molecule has 10 heteroatoms. The molecule has 0 aliphatic heterocycles. The number of aliphatic hydroxyl groups is 1. The highest BCUT2D eigenvalue weighted by Crippen LogP contribution is 2.38. The number of alkyl halides is 3. The Morgan fingerprint density at radius 3 is 2.67 bits per heavy atom. The van der Waals surface area contributed by atoms with Crippen LogP contribution in [-0.2, 0) is 6.54 Å². The van der Waals surface area contributed by atoms with Crippen LogP contribution in [0.5, 0.6) is 0 Å². The molecule has 27 heavy (non-hydrogen) atoms. The fourth-order valence-electron chi connectivity index (χ4n) is 2.62. The Labute approximate surface area is 163 Å². The van der Waals surface area contributed by atoms with Gasteiger partial charge in [0.2, 0.25) is 5.60 Å². The fraction of sp³-hybridized carbons (Fsp3) is 0.353. The third-order valence-corrected chi connectivity index (χ3v) is 5.71. The van der Waals surface area contributed by atoms with Gasteiger partial charge >= 0.3 is 6.18 Å². The molecular weight excluding hydrogens is 401 g/mol. The monoisotopic (exact) mass is 418 g/mol. The number of benzene rings is 1. The highest BCUT2D eigenvalue weighted by molar-refractivity contribution is 7.20. The van der Waals surface area contributed by atoms with E-state index in [1.807, 2.05) is 6.07 Å². The number of hydrogen-bond donors (Lipinski definition) is 3. The van der Waals surface area contributed by atoms with Crippen molar-refractivity contribution in [3.63, 3.8) is 0 Å². The van der Waals surface area contributed by atoms with Crippen molar-refractivity contribution in [2.24, 2.45) is 5.84 Å². The first-order chi connectivity index (χ1) is 12.6. The zero-order valence-electron chi connectivity index (χ0n) is 14.6. The lowest BCUT2D eigenvalue weighted by molar-refractivity contribution is -0.246. The smallest absolute Gasteiger partial charge is 0.388 e. The number of thiophene rings is 1. The molecule has 0 bridgehead atoms. The Bertz CT molecular complexity index is 906. The van der Waals surface area contributed by atoms with Gasteiger partial charge in [0.25, 0.3) is 0 Å². The molecule has 0 aliphatic carbocycles. The van der Waals surface area contributed by atoms with Crippen molar-refractivity contribution >= 4 is 33.0 Å². The number of hydrazine groups is 1. The number of nitrogens with two attached hydrogens (primary N) is 1. The lowest BCUT2D eigenvalue weighted by Gasteiger charge is -2.32. The molecule has 0 spiro atoms. The van der Waals surface area contributed by atoms with Crippen molar-refractivity contribution in [3.8, 4) is 6.07 Å². The number of fused-ring (bicyclic) bond motifs is 1. The molecule has 1 aromatic heterocycles. The van der Waals surface area contributed by atoms with Crippen molar-refractivity contribution < 1.29 is 18.3 Å². The number of rotatable bonds is 6. The summed E-state index contributed by atoms with van der Waals surface area (Å²) in [6.45, 7) is 1.33. The van der Waals surface area contributed by atoms with Gasteiger partial charge in [0, 0.05) is 23.3 Å². The summed E-state index contributed by atoms with van der Waals surface area (Å²) >= 11 is 7.34. The Morgan fingerprint density at radius 1 is 1.48 bits per heavy atom. The zero-order valence-corrected chi connectivity index (χ0v) is 16.1. The highest BCUT2D eigenvalue weighted by Gasteiger charge is 2.55. The summed E-state index contributed by atoms with van der Waals surface area (Å²) < 4.78 is 40.5. The molecule has 1 unspecified atom stereocenters. The summed E-state index contributed by atoms with van der Waals surface area (Å²) in [6.07, 6.45) is -4.38. The Kier molecular flexibility index (Phi) is 6.27. The SMILES string of the molecule is CCC(O)(/C(=C/N(N)Cc1ccc2c(Cl)c(C#N)sc2c1)NC)C(F)(F)F. The van der Waals surface area contributed by atoms with E-state index in [0.29, 0.717) is 15.5 Å². The summed E-state index contributed by atoms with van der Waals surface area (Å²) in [5, 5.41) is 23.6. The van der Waals surface area contributed by atoms with Crippen LogP contribution in [0.2, 0.25) is 5.02 Å². The second-order valence-electron chi connectivity index (χ2n) is 5.86. The predicted octanol–water partition coefficient (Wildman–Crippen LogP) is 3.87. The van der Waals surface area contributed by atoms with Crippen molar-refractivity contribution in [3.05, 3.63) is 45.6 Å². The predicted molar refractivity (Wildman–Crippen MR) is 99.7 cm³/mol. The molecule has 1 heterocycles. The Balaban J connectivity index is 2.30. The first-order valence-electron chi connectivity index (χ1n) is 7.88. The molecule has 4 N–H and O–H groups in total. The summed E-state index contributed by atoms with van der Waals surface area (Å²) in [5.74, 6) is 5.85. The van der Waals surface area contributed by atoms with E-state index >= 15 is 0 Å². The van der Waals surface area contributed by atoms with Crippen molar-refractivity contribution in [1.29, 1.82) is 5.26 Å². The van der Waals surface area contributed by atoms with Crippen molar-refractivity contribution in [2.75, 3.05) is 7.05 Å². The standard InChI is InChI=1S/C17H18ClF3N4OS/c1-3-16(26,17(19,20)21)14(24-2)9-25(23)8-10-4-5-11-12(6-10)27-13(7-22)15(11)18/h4-6,9,24,26H,3,8,23H2,1-2H3/b14-9-. The number of nitrogens with one attached hydrogen (secondary N) is 1. The van der Waals surface area contributed by atoms with Gasteiger partial charge in [0.1, 0.15) is 10.9 Å². The lowest BCUT2D eigenvalue weighted by atomic mass is 9.96. The summed E-state index contributed by atoms with van der Waals surface area (Å²) in [4.78, 5) is 0.393. The van der Waals surface area contributed by atoms with Crippen molar-refractivity contribution in [1.82, 2.24) is 10.3 Å². The molecular formula is C17H18ClF3N4OS. The van der Waals surface area contributed by atoms with Crippen molar-refractivity contribution in [2.45, 2.75) is 31.7 Å². The molecule has 0 saturated carbocycles. The topological polar surface area (TPSA) is 85.3 Å². The van der Waals surface area contributed by atoms with E-state index in [1.54, 1.807) is 18.2 Å². The van der Waals surface area contributed by atoms with Crippen LogP contribution in [0.4, 0.5) is 13.2 Å². The first kappa shape index (κ1) is 21.3. The average Bonchev–Trinajstić information content (AvgIpc) is 2.93. The van der Waals surface area contributed by atoms with Gasteiger partial charge in [-0.3, -0.25) is 0 Å². The van der Waals surface area contributed by atoms with Crippen LogP contribution < -0.4 is 11.2 Å². The Hall–Kier alpha value is -1.99. The van der Waals surface area contributed by atoms with Gasteiger partial charge in [-0.2, -0.15) is 18.4 Å². The third-order valence-electron chi connectivity index (χ3n) is 4.15. The largest absolute Gasteiger partial charge is 0.422 e. The maximum absolute atomic E-state index is 13.2. The van der Waals surface area contributed by atoms with E-state index in [-0.39, 0.29) is 6.54 Å². The van der Waals surface area contributed by atoms with Gasteiger partial charge in [-0.15, -0.1) is 11.3 Å². The fourth-order valence-corrected chi connectivity index (χ4v) is 3.96. The molecule has 1 atom stereocenters. The number of nitrogens with zero attached hydrogens (tertiary/aromatic N) is 2. The summed E-state index contributed by atoms with van der Waals surface area (Å²) in [6, 6.07) is 7.25. The van der Waals surface area contributed by atoms with Crippen LogP contribution in [0, 0.1) is 11.3 Å². The van der Waals surface area contributed by atoms with Gasteiger partial charge in [0.15, 0.2) is 0 Å². The molecule has 2 rings (SSSR count). The highest BCUT2D eigenvalue weighted by atomic mass is 35.5. The van der Waals surface area contributed by atoms with Crippen LogP contribution in [0.25, 0.3) is 10.1 Å². The number of likely N-dealkylation sites (N-methyl/N-ethyl adjacent to an activating group) is 1. The minimum absolute atomic E-state index is 0.0934. The molecule has 0 saturated heterocycles. The second-order valence-corrected chi connectivity index (χ2v) is 7.29. The van der Waals surface area contributed by atoms with Crippen LogP contribution in [0.3, 0.4) is 0 Å². The zero-order chi connectivity index (χ0) is 20.4. The van der Waals surface area contributed by atoms with E-state index in [9.17, 15) is 18.3 Å². The normalized spacial score (nSPS) is 14.7. The third kappa shape index (κ3) is 4.14. The molecule has 0 aliphatic rings. The minimum Gasteiger partial charge on any atom is -0.388 e. The van der Waals surface area contributed by atoms with Crippen LogP contribution in [0.15, 0.2) is 30.1 Å². The lowest BCUT2D eigenvalue weighted by Crippen LogP contribution is -2.50. The van der Waals surface area contributed by atoms with Gasteiger partial charge in [0.05, 0.1) is 17.3 Å². The van der Waals surface area contributed by atoms with Crippen LogP contribution in [-0.4, -0.2) is 28.9 Å². The molecule has 146 valence electrons. The van der Waals surface area contributed by atoms with E-state index in [1.165, 1.54) is 25.3 Å². The maximum Gasteiger partial charge on any atom is 0.422 e. The maximum atomic E-state index is 13.2. The molecule has 2 aromatic rings. The van der Waals surface area contributed by atoms with E-state index in [0.717, 1.165) is 21.3 Å². The summed E-state index contributed by atoms with van der Waals surface area (Å²) in [5.41, 5.74) is -2.76. The van der Waals surface area contributed by atoms with E-state index in [2.05, 4.69) is 5.32 Å². The number of hydrogen-bond acceptors (Lipinski definition) is 6. The van der Waals surface area contributed by atoms with Gasteiger partial charge < -0.3 is 15.4 Å². The Morgan fingerprint density at radius 2 is 2.15 bits per heavy atom. The number of halogens is 4.